The van der Waals surface area contributed by atoms with Crippen molar-refractivity contribution in [3.8, 4) is 6.07 Å². The highest BCUT2D eigenvalue weighted by atomic mass is 19.1. The van der Waals surface area contributed by atoms with Gasteiger partial charge in [-0.05, 0) is 36.2 Å². The number of aliphatic hydroxyl groups excluding tert-OH is 1. The zero-order valence-electron chi connectivity index (χ0n) is 14.3. The average Bonchev–Trinajstić information content (AvgIpc) is 3.10. The number of ether oxygens (including phenoxy) is 1. The third-order valence-electron chi connectivity index (χ3n) is 3.93. The monoisotopic (exact) mass is 365 g/mol. The zero-order valence-corrected chi connectivity index (χ0v) is 14.3. The first kappa shape index (κ1) is 18.1. The molecule has 0 aliphatic heterocycles. The molecule has 3 aromatic rings. The summed E-state index contributed by atoms with van der Waals surface area (Å²) >= 11 is 0. The van der Waals surface area contributed by atoms with Crippen molar-refractivity contribution in [3.63, 3.8) is 0 Å². The summed E-state index contributed by atoms with van der Waals surface area (Å²) in [5, 5.41) is 19.4. The number of halogens is 1. The van der Waals surface area contributed by atoms with Crippen molar-refractivity contribution >= 4 is 22.6 Å². The van der Waals surface area contributed by atoms with E-state index < -0.39 is 12.6 Å². The van der Waals surface area contributed by atoms with Crippen LogP contribution in [-0.2, 0) is 16.0 Å². The SMILES string of the molecule is N#C/C(=C(/O)COC(=O)CCc1ccc(F)cc1)c1nc2ccccc2[nH]1. The number of hydrogen-bond donors (Lipinski definition) is 2. The molecule has 7 heteroatoms. The molecule has 27 heavy (non-hydrogen) atoms. The number of rotatable bonds is 6. The number of allylic oxidation sites excluding steroid dienone is 1. The van der Waals surface area contributed by atoms with Crippen LogP contribution in [0.25, 0.3) is 16.6 Å². The number of nitriles is 1. The van der Waals surface area contributed by atoms with E-state index in [1.807, 2.05) is 18.2 Å². The van der Waals surface area contributed by atoms with Crippen LogP contribution in [0.2, 0.25) is 0 Å². The van der Waals surface area contributed by atoms with E-state index in [-0.39, 0.29) is 29.4 Å². The second-order valence-electron chi connectivity index (χ2n) is 5.82. The van der Waals surface area contributed by atoms with Gasteiger partial charge in [0.1, 0.15) is 24.1 Å². The lowest BCUT2D eigenvalue weighted by Gasteiger charge is -2.06. The second-order valence-corrected chi connectivity index (χ2v) is 5.82. The molecule has 0 bridgehead atoms. The van der Waals surface area contributed by atoms with E-state index in [0.29, 0.717) is 11.9 Å². The molecule has 1 heterocycles. The van der Waals surface area contributed by atoms with E-state index in [0.717, 1.165) is 11.1 Å². The molecule has 0 aliphatic rings. The first-order chi connectivity index (χ1) is 13.1. The van der Waals surface area contributed by atoms with Crippen molar-refractivity contribution < 1.29 is 19.0 Å². The Labute approximate surface area is 154 Å². The molecule has 2 N–H and O–H groups in total. The van der Waals surface area contributed by atoms with Crippen LogP contribution in [0.5, 0.6) is 0 Å². The summed E-state index contributed by atoms with van der Waals surface area (Å²) < 4.78 is 17.9. The molecular weight excluding hydrogens is 349 g/mol. The second kappa shape index (κ2) is 8.15. The van der Waals surface area contributed by atoms with Gasteiger partial charge in [0.25, 0.3) is 0 Å². The van der Waals surface area contributed by atoms with E-state index in [1.54, 1.807) is 24.3 Å². The summed E-state index contributed by atoms with van der Waals surface area (Å²) in [5.74, 6) is -1.05. The molecule has 0 saturated heterocycles. The fourth-order valence-corrected chi connectivity index (χ4v) is 2.52. The summed E-state index contributed by atoms with van der Waals surface area (Å²) in [6, 6.07) is 14.9. The van der Waals surface area contributed by atoms with Gasteiger partial charge in [0, 0.05) is 6.42 Å². The normalized spacial score (nSPS) is 11.7. The van der Waals surface area contributed by atoms with Crippen molar-refractivity contribution in [2.24, 2.45) is 0 Å². The Morgan fingerprint density at radius 1 is 1.22 bits per heavy atom. The Balaban J connectivity index is 1.61. The molecule has 2 aromatic carbocycles. The van der Waals surface area contributed by atoms with E-state index >= 15 is 0 Å². The Hall–Kier alpha value is -3.66. The van der Waals surface area contributed by atoms with Crippen LogP contribution in [0.4, 0.5) is 4.39 Å². The standard InChI is InChI=1S/C20H16FN3O3/c21-14-8-5-13(6-9-14)7-10-19(26)27-12-18(25)15(11-22)20-23-16-3-1-2-4-17(16)24-20/h1-6,8-9,25H,7,10,12H2,(H,23,24)/b18-15-. The van der Waals surface area contributed by atoms with Gasteiger partial charge in [-0.1, -0.05) is 24.3 Å². The van der Waals surface area contributed by atoms with Crippen molar-refractivity contribution in [2.75, 3.05) is 6.61 Å². The number of H-pyrrole nitrogens is 1. The third-order valence-corrected chi connectivity index (χ3v) is 3.93. The lowest BCUT2D eigenvalue weighted by molar-refractivity contribution is -0.143. The highest BCUT2D eigenvalue weighted by Gasteiger charge is 2.15. The van der Waals surface area contributed by atoms with E-state index in [2.05, 4.69) is 9.97 Å². The minimum atomic E-state index is -0.534. The molecule has 6 nitrogen and oxygen atoms in total. The van der Waals surface area contributed by atoms with Gasteiger partial charge in [0.05, 0.1) is 11.0 Å². The van der Waals surface area contributed by atoms with Gasteiger partial charge in [-0.3, -0.25) is 4.79 Å². The van der Waals surface area contributed by atoms with Gasteiger partial charge >= 0.3 is 5.97 Å². The average molecular weight is 365 g/mol. The van der Waals surface area contributed by atoms with Crippen molar-refractivity contribution in [2.45, 2.75) is 12.8 Å². The molecule has 1 aromatic heterocycles. The maximum atomic E-state index is 12.9. The number of aromatic amines is 1. The molecule has 0 unspecified atom stereocenters. The summed E-state index contributed by atoms with van der Waals surface area (Å²) in [5.41, 5.74) is 2.10. The maximum Gasteiger partial charge on any atom is 0.306 e. The molecule has 136 valence electrons. The number of aliphatic hydroxyl groups is 1. The minimum absolute atomic E-state index is 0.0748. The largest absolute Gasteiger partial charge is 0.507 e. The van der Waals surface area contributed by atoms with Crippen LogP contribution >= 0.6 is 0 Å². The van der Waals surface area contributed by atoms with Gasteiger partial charge in [-0.15, -0.1) is 0 Å². The van der Waals surface area contributed by atoms with Gasteiger partial charge in [0.15, 0.2) is 11.6 Å². The number of benzene rings is 2. The van der Waals surface area contributed by atoms with Gasteiger partial charge in [-0.2, -0.15) is 5.26 Å². The maximum absolute atomic E-state index is 12.9. The fourth-order valence-electron chi connectivity index (χ4n) is 2.52. The summed E-state index contributed by atoms with van der Waals surface area (Å²) in [4.78, 5) is 19.0. The number of carbonyl (C=O) groups excluding carboxylic acids is 1. The number of nitrogens with zero attached hydrogens (tertiary/aromatic N) is 2. The molecule has 0 aliphatic carbocycles. The van der Waals surface area contributed by atoms with Crippen molar-refractivity contribution in [1.29, 1.82) is 5.26 Å². The molecular formula is C20H16FN3O3. The quantitative estimate of drug-likeness (QED) is 0.394. The number of fused-ring (bicyclic) bond motifs is 1. The fraction of sp³-hybridized carbons (Fsp3) is 0.150. The molecule has 0 radical (unpaired) electrons. The predicted octanol–water partition coefficient (Wildman–Crippen LogP) is 3.67. The Morgan fingerprint density at radius 3 is 2.67 bits per heavy atom. The van der Waals surface area contributed by atoms with Gasteiger partial charge in [-0.25, -0.2) is 9.37 Å². The molecule has 0 fully saturated rings. The van der Waals surface area contributed by atoms with Crippen LogP contribution in [0.3, 0.4) is 0 Å². The highest BCUT2D eigenvalue weighted by Crippen LogP contribution is 2.19. The molecule has 0 spiro atoms. The van der Waals surface area contributed by atoms with Crippen LogP contribution in [-0.4, -0.2) is 27.7 Å². The number of aryl methyl sites for hydroxylation is 1. The summed E-state index contributed by atoms with van der Waals surface area (Å²) in [6.45, 7) is -0.428. The minimum Gasteiger partial charge on any atom is -0.507 e. The van der Waals surface area contributed by atoms with Crippen LogP contribution in [0.15, 0.2) is 54.3 Å². The van der Waals surface area contributed by atoms with E-state index in [4.69, 9.17) is 4.74 Å². The summed E-state index contributed by atoms with van der Waals surface area (Å²) in [7, 11) is 0. The smallest absolute Gasteiger partial charge is 0.306 e. The van der Waals surface area contributed by atoms with Crippen molar-refractivity contribution in [3.05, 3.63) is 71.5 Å². The number of hydrogen-bond acceptors (Lipinski definition) is 5. The highest BCUT2D eigenvalue weighted by molar-refractivity contribution is 5.83. The first-order valence-corrected chi connectivity index (χ1v) is 8.24. The molecule has 0 amide bonds. The number of para-hydroxylation sites is 2. The zero-order chi connectivity index (χ0) is 19.2. The summed E-state index contributed by atoms with van der Waals surface area (Å²) in [6.07, 6.45) is 0.462. The molecule has 0 atom stereocenters. The number of aromatic nitrogens is 2. The lowest BCUT2D eigenvalue weighted by Crippen LogP contribution is -2.10. The van der Waals surface area contributed by atoms with Crippen LogP contribution < -0.4 is 0 Å². The van der Waals surface area contributed by atoms with E-state index in [9.17, 15) is 19.6 Å². The van der Waals surface area contributed by atoms with Crippen LogP contribution in [0.1, 0.15) is 17.8 Å². The number of carbonyl (C=O) groups is 1. The van der Waals surface area contributed by atoms with Crippen molar-refractivity contribution in [1.82, 2.24) is 9.97 Å². The number of esters is 1. The third kappa shape index (κ3) is 4.50. The molecule has 0 saturated carbocycles. The first-order valence-electron chi connectivity index (χ1n) is 8.24. The molecule has 3 rings (SSSR count). The predicted molar refractivity (Wildman–Crippen MR) is 96.9 cm³/mol. The Kier molecular flexibility index (Phi) is 5.47. The number of nitrogens with one attached hydrogen (secondary N) is 1. The topological polar surface area (TPSA) is 99.0 Å². The Morgan fingerprint density at radius 2 is 1.96 bits per heavy atom. The van der Waals surface area contributed by atoms with Gasteiger partial charge in [0.2, 0.25) is 0 Å². The lowest BCUT2D eigenvalue weighted by atomic mass is 10.1. The van der Waals surface area contributed by atoms with Crippen LogP contribution in [0, 0.1) is 17.1 Å². The van der Waals surface area contributed by atoms with Gasteiger partial charge < -0.3 is 14.8 Å². The Bertz CT molecular complexity index is 1000. The van der Waals surface area contributed by atoms with E-state index in [1.165, 1.54) is 12.1 Å². The number of imidazole rings is 1.